The van der Waals surface area contributed by atoms with Crippen molar-refractivity contribution in [3.8, 4) is 0 Å². The average molecular weight is 386 g/mol. The van der Waals surface area contributed by atoms with Gasteiger partial charge >= 0.3 is 0 Å². The Morgan fingerprint density at radius 1 is 1.26 bits per heavy atom. The summed E-state index contributed by atoms with van der Waals surface area (Å²) in [5, 5.41) is 8.04. The zero-order valence-corrected chi connectivity index (χ0v) is 17.5. The van der Waals surface area contributed by atoms with Gasteiger partial charge < -0.3 is 10.6 Å². The van der Waals surface area contributed by atoms with Gasteiger partial charge in [0, 0.05) is 30.6 Å². The van der Waals surface area contributed by atoms with E-state index in [0.29, 0.717) is 12.6 Å². The highest BCUT2D eigenvalue weighted by molar-refractivity contribution is 7.11. The Kier molecular flexibility index (Phi) is 7.24. The SMILES string of the molecule is CCNC(=NCc1sc(C)nc1C)NCC1CCCN1Cc1ccccc1. The predicted octanol–water partition coefficient (Wildman–Crippen LogP) is 3.48. The average Bonchev–Trinajstić information content (AvgIpc) is 3.23. The summed E-state index contributed by atoms with van der Waals surface area (Å²) in [6.45, 7) is 10.9. The quantitative estimate of drug-likeness (QED) is 0.566. The fraction of sp³-hybridized carbons (Fsp3) is 0.524. The second kappa shape index (κ2) is 9.85. The molecular formula is C21H31N5S. The molecule has 1 saturated heterocycles. The van der Waals surface area contributed by atoms with Crippen molar-refractivity contribution < 1.29 is 0 Å². The molecule has 2 heterocycles. The van der Waals surface area contributed by atoms with E-state index in [1.807, 2.05) is 0 Å². The van der Waals surface area contributed by atoms with Crippen LogP contribution in [0, 0.1) is 13.8 Å². The lowest BCUT2D eigenvalue weighted by Crippen LogP contribution is -2.44. The molecule has 1 atom stereocenters. The van der Waals surface area contributed by atoms with Crippen molar-refractivity contribution in [2.45, 2.75) is 52.7 Å². The molecule has 27 heavy (non-hydrogen) atoms. The molecule has 5 nitrogen and oxygen atoms in total. The standard InChI is InChI=1S/C21H31N5S/c1-4-22-21(24-14-20-16(2)25-17(3)27-20)23-13-19-11-8-12-26(19)15-18-9-6-5-7-10-18/h5-7,9-10,19H,4,8,11-15H2,1-3H3,(H2,22,23,24). The van der Waals surface area contributed by atoms with Gasteiger partial charge in [-0.3, -0.25) is 4.90 Å². The van der Waals surface area contributed by atoms with Gasteiger partial charge in [-0.05, 0) is 45.7 Å². The molecule has 1 unspecified atom stereocenters. The first-order chi connectivity index (χ1) is 13.2. The molecule has 6 heteroatoms. The number of thiazole rings is 1. The molecule has 3 rings (SSSR count). The first-order valence-corrected chi connectivity index (χ1v) is 10.7. The van der Waals surface area contributed by atoms with Crippen molar-refractivity contribution >= 4 is 17.3 Å². The summed E-state index contributed by atoms with van der Waals surface area (Å²) in [6.07, 6.45) is 2.51. The number of likely N-dealkylation sites (tertiary alicyclic amines) is 1. The zero-order chi connectivity index (χ0) is 19.1. The number of nitrogens with zero attached hydrogens (tertiary/aromatic N) is 3. The first kappa shape index (κ1) is 19.8. The van der Waals surface area contributed by atoms with Crippen molar-refractivity contribution in [1.29, 1.82) is 0 Å². The van der Waals surface area contributed by atoms with E-state index in [1.165, 1.54) is 29.8 Å². The van der Waals surface area contributed by atoms with Crippen LogP contribution in [0.15, 0.2) is 35.3 Å². The van der Waals surface area contributed by atoms with Gasteiger partial charge in [0.25, 0.3) is 0 Å². The zero-order valence-electron chi connectivity index (χ0n) is 16.7. The van der Waals surface area contributed by atoms with E-state index in [2.05, 4.69) is 71.6 Å². The molecule has 0 aliphatic carbocycles. The van der Waals surface area contributed by atoms with Crippen LogP contribution in [0.1, 0.15) is 40.9 Å². The lowest BCUT2D eigenvalue weighted by atomic mass is 10.2. The summed E-state index contributed by atoms with van der Waals surface area (Å²) in [6, 6.07) is 11.3. The second-order valence-corrected chi connectivity index (χ2v) is 8.36. The van der Waals surface area contributed by atoms with Crippen LogP contribution in [0.4, 0.5) is 0 Å². The molecule has 1 aliphatic rings. The maximum Gasteiger partial charge on any atom is 0.191 e. The Labute approximate surface area is 166 Å². The molecule has 0 radical (unpaired) electrons. The minimum Gasteiger partial charge on any atom is -0.357 e. The van der Waals surface area contributed by atoms with Gasteiger partial charge in [-0.2, -0.15) is 0 Å². The minimum atomic E-state index is 0.557. The van der Waals surface area contributed by atoms with Gasteiger partial charge in [0.15, 0.2) is 5.96 Å². The second-order valence-electron chi connectivity index (χ2n) is 7.07. The Morgan fingerprint density at radius 2 is 2.07 bits per heavy atom. The van der Waals surface area contributed by atoms with Crippen LogP contribution < -0.4 is 10.6 Å². The van der Waals surface area contributed by atoms with Crippen LogP contribution in [0.5, 0.6) is 0 Å². The van der Waals surface area contributed by atoms with Crippen molar-refractivity contribution in [1.82, 2.24) is 20.5 Å². The van der Waals surface area contributed by atoms with E-state index in [0.717, 1.165) is 36.3 Å². The van der Waals surface area contributed by atoms with E-state index < -0.39 is 0 Å². The predicted molar refractivity (Wildman–Crippen MR) is 114 cm³/mol. The summed E-state index contributed by atoms with van der Waals surface area (Å²) in [4.78, 5) is 13.1. The largest absolute Gasteiger partial charge is 0.357 e. The molecule has 0 bridgehead atoms. The van der Waals surface area contributed by atoms with Gasteiger partial charge in [0.1, 0.15) is 0 Å². The van der Waals surface area contributed by atoms with Crippen molar-refractivity contribution in [3.63, 3.8) is 0 Å². The van der Waals surface area contributed by atoms with Crippen LogP contribution in [0.2, 0.25) is 0 Å². The molecule has 1 aromatic heterocycles. The number of benzene rings is 1. The third-order valence-electron chi connectivity index (χ3n) is 4.96. The number of aromatic nitrogens is 1. The third-order valence-corrected chi connectivity index (χ3v) is 6.01. The van der Waals surface area contributed by atoms with Crippen LogP contribution in [0.25, 0.3) is 0 Å². The summed E-state index contributed by atoms with van der Waals surface area (Å²) >= 11 is 1.74. The van der Waals surface area contributed by atoms with Crippen LogP contribution >= 0.6 is 11.3 Å². The van der Waals surface area contributed by atoms with Crippen molar-refractivity contribution in [3.05, 3.63) is 51.5 Å². The fourth-order valence-corrected chi connectivity index (χ4v) is 4.44. The Balaban J connectivity index is 1.56. The number of hydrogen-bond donors (Lipinski definition) is 2. The molecule has 1 aromatic carbocycles. The molecule has 2 aromatic rings. The minimum absolute atomic E-state index is 0.557. The molecular weight excluding hydrogens is 354 g/mol. The number of aryl methyl sites for hydroxylation is 2. The molecule has 0 spiro atoms. The van der Waals surface area contributed by atoms with Crippen LogP contribution in [-0.2, 0) is 13.1 Å². The summed E-state index contributed by atoms with van der Waals surface area (Å²) in [7, 11) is 0. The fourth-order valence-electron chi connectivity index (χ4n) is 3.58. The molecule has 1 aliphatic heterocycles. The number of guanidine groups is 1. The lowest BCUT2D eigenvalue weighted by Gasteiger charge is -2.25. The van der Waals surface area contributed by atoms with Crippen molar-refractivity contribution in [2.24, 2.45) is 4.99 Å². The van der Waals surface area contributed by atoms with Gasteiger partial charge in [0.05, 0.1) is 17.2 Å². The Hall–Kier alpha value is -1.92. The normalized spacial score (nSPS) is 18.0. The number of rotatable bonds is 7. The maximum absolute atomic E-state index is 4.77. The lowest BCUT2D eigenvalue weighted by molar-refractivity contribution is 0.245. The van der Waals surface area contributed by atoms with Gasteiger partial charge in [-0.25, -0.2) is 9.98 Å². The van der Waals surface area contributed by atoms with E-state index in [4.69, 9.17) is 4.99 Å². The smallest absolute Gasteiger partial charge is 0.191 e. The van der Waals surface area contributed by atoms with Crippen molar-refractivity contribution in [2.75, 3.05) is 19.6 Å². The highest BCUT2D eigenvalue weighted by atomic mass is 32.1. The van der Waals surface area contributed by atoms with Crippen LogP contribution in [0.3, 0.4) is 0 Å². The van der Waals surface area contributed by atoms with Gasteiger partial charge in [0.2, 0.25) is 0 Å². The topological polar surface area (TPSA) is 52.6 Å². The van der Waals surface area contributed by atoms with Gasteiger partial charge in [-0.1, -0.05) is 30.3 Å². The van der Waals surface area contributed by atoms with E-state index in [9.17, 15) is 0 Å². The van der Waals surface area contributed by atoms with Gasteiger partial charge in [-0.15, -0.1) is 11.3 Å². The highest BCUT2D eigenvalue weighted by Gasteiger charge is 2.24. The van der Waals surface area contributed by atoms with E-state index in [1.54, 1.807) is 11.3 Å². The number of aliphatic imine (C=N–C) groups is 1. The monoisotopic (exact) mass is 385 g/mol. The molecule has 0 amide bonds. The molecule has 146 valence electrons. The Bertz CT molecular complexity index is 740. The van der Waals surface area contributed by atoms with Crippen LogP contribution in [-0.4, -0.2) is 41.5 Å². The number of nitrogens with one attached hydrogen (secondary N) is 2. The molecule has 0 saturated carbocycles. The molecule has 2 N–H and O–H groups in total. The third kappa shape index (κ3) is 5.78. The van der Waals surface area contributed by atoms with E-state index >= 15 is 0 Å². The summed E-state index contributed by atoms with van der Waals surface area (Å²) in [5.41, 5.74) is 2.49. The maximum atomic E-state index is 4.77. The first-order valence-electron chi connectivity index (χ1n) is 9.88. The summed E-state index contributed by atoms with van der Waals surface area (Å²) < 4.78 is 0. The number of hydrogen-bond acceptors (Lipinski definition) is 4. The van der Waals surface area contributed by atoms with E-state index in [-0.39, 0.29) is 0 Å². The summed E-state index contributed by atoms with van der Waals surface area (Å²) in [5.74, 6) is 0.898. The Morgan fingerprint density at radius 3 is 2.78 bits per heavy atom. The molecule has 1 fully saturated rings. The highest BCUT2D eigenvalue weighted by Crippen LogP contribution is 2.20.